The van der Waals surface area contributed by atoms with Gasteiger partial charge in [0.2, 0.25) is 5.91 Å². The van der Waals surface area contributed by atoms with Gasteiger partial charge in [0.25, 0.3) is 7.82 Å². The number of likely N-dealkylation sites (N-methyl/N-ethyl adjacent to an activating group) is 1. The summed E-state index contributed by atoms with van der Waals surface area (Å²) < 4.78 is 23.3. The average molecular weight is 942 g/mol. The number of carbonyl (C=O) groups excluding carboxylic acids is 1. The van der Waals surface area contributed by atoms with E-state index in [0.717, 1.165) is 38.5 Å². The lowest BCUT2D eigenvalue weighted by atomic mass is 10.0. The van der Waals surface area contributed by atoms with E-state index in [9.17, 15) is 19.4 Å². The zero-order valence-corrected chi connectivity index (χ0v) is 45.1. The van der Waals surface area contributed by atoms with Gasteiger partial charge in [-0.1, -0.05) is 276 Å². The molecule has 0 aliphatic carbocycles. The van der Waals surface area contributed by atoms with Gasteiger partial charge in [0.15, 0.2) is 0 Å². The molecule has 0 rings (SSSR count). The number of aliphatic hydroxyl groups is 1. The molecule has 0 bridgehead atoms. The van der Waals surface area contributed by atoms with E-state index in [1.165, 1.54) is 231 Å². The maximum Gasteiger partial charge on any atom is 0.268 e. The summed E-state index contributed by atoms with van der Waals surface area (Å²) in [5.41, 5.74) is 0. The molecule has 8 nitrogen and oxygen atoms in total. The summed E-state index contributed by atoms with van der Waals surface area (Å²) in [6.07, 6.45) is 58.7. The third-order valence-electron chi connectivity index (χ3n) is 13.2. The van der Waals surface area contributed by atoms with Crippen LogP contribution in [0.15, 0.2) is 12.2 Å². The maximum absolute atomic E-state index is 12.9. The van der Waals surface area contributed by atoms with Gasteiger partial charge in [-0.25, -0.2) is 0 Å². The fourth-order valence-corrected chi connectivity index (χ4v) is 9.47. The molecule has 0 fully saturated rings. The first-order valence-corrected chi connectivity index (χ1v) is 30.0. The molecule has 65 heavy (non-hydrogen) atoms. The molecule has 1 amide bonds. The molecule has 3 unspecified atom stereocenters. The van der Waals surface area contributed by atoms with Crippen molar-refractivity contribution in [1.29, 1.82) is 0 Å². The number of aliphatic hydroxyl groups excluding tert-OH is 1. The quantitative estimate of drug-likeness (QED) is 0.0272. The standard InChI is InChI=1S/C56H113N2O6P/c1-6-8-10-12-14-16-18-20-21-22-23-24-25-26-27-28-29-30-31-32-33-34-35-36-37-38-39-41-43-45-47-49-55(59)54(53-64-65(61,62)63-52-51-58(3,4)5)57-56(60)50-48-46-44-42-40-19-17-15-13-11-9-7-2/h47,49,54-55,59H,6-46,48,50-53H2,1-5H3,(H-,57,60,61,62)/b49-47+. The molecular formula is C56H113N2O6P. The summed E-state index contributed by atoms with van der Waals surface area (Å²) in [4.78, 5) is 25.4. The summed E-state index contributed by atoms with van der Waals surface area (Å²) in [6, 6.07) is -0.881. The van der Waals surface area contributed by atoms with Crippen LogP contribution < -0.4 is 10.2 Å². The smallest absolute Gasteiger partial charge is 0.268 e. The maximum atomic E-state index is 12.9. The number of nitrogens with one attached hydrogen (secondary N) is 1. The second-order valence-electron chi connectivity index (χ2n) is 21.0. The van der Waals surface area contributed by atoms with Crippen LogP contribution in [-0.2, 0) is 18.4 Å². The Kier molecular flexibility index (Phi) is 47.7. The van der Waals surface area contributed by atoms with Crippen molar-refractivity contribution in [3.05, 3.63) is 12.2 Å². The number of amides is 1. The molecule has 0 aromatic carbocycles. The molecule has 0 aliphatic rings. The van der Waals surface area contributed by atoms with Gasteiger partial charge in [-0.15, -0.1) is 0 Å². The van der Waals surface area contributed by atoms with Crippen molar-refractivity contribution in [2.75, 3.05) is 40.9 Å². The Morgan fingerprint density at radius 1 is 0.523 bits per heavy atom. The van der Waals surface area contributed by atoms with Gasteiger partial charge < -0.3 is 28.8 Å². The van der Waals surface area contributed by atoms with Crippen molar-refractivity contribution in [2.24, 2.45) is 0 Å². The summed E-state index contributed by atoms with van der Waals surface area (Å²) in [5.74, 6) is -0.194. The normalized spacial score (nSPS) is 14.0. The van der Waals surface area contributed by atoms with Crippen molar-refractivity contribution in [3.63, 3.8) is 0 Å². The van der Waals surface area contributed by atoms with Crippen LogP contribution in [0.3, 0.4) is 0 Å². The number of hydrogen-bond acceptors (Lipinski definition) is 6. The first-order valence-electron chi connectivity index (χ1n) is 28.6. The molecule has 0 saturated carbocycles. The van der Waals surface area contributed by atoms with E-state index in [2.05, 4.69) is 19.2 Å². The Labute approximate surface area is 405 Å². The topological polar surface area (TPSA) is 108 Å². The molecule has 2 N–H and O–H groups in total. The average Bonchev–Trinajstić information content (AvgIpc) is 3.26. The molecular weight excluding hydrogens is 828 g/mol. The third-order valence-corrected chi connectivity index (χ3v) is 14.2. The van der Waals surface area contributed by atoms with E-state index in [4.69, 9.17) is 9.05 Å². The van der Waals surface area contributed by atoms with Crippen LogP contribution in [0.5, 0.6) is 0 Å². The summed E-state index contributed by atoms with van der Waals surface area (Å²) >= 11 is 0. The first-order chi connectivity index (χ1) is 31.5. The molecule has 0 aromatic heterocycles. The molecule has 9 heteroatoms. The number of nitrogens with zero attached hydrogens (tertiary/aromatic N) is 1. The Bertz CT molecular complexity index is 1070. The number of phosphoric acid groups is 1. The highest BCUT2D eigenvalue weighted by Gasteiger charge is 2.23. The Hall–Kier alpha value is -0.760. The second kappa shape index (κ2) is 48.3. The second-order valence-corrected chi connectivity index (χ2v) is 22.4. The SMILES string of the molecule is CCCCCCCCCCCCCCCCCCCCCCCCCCCCCCC/C=C/C(O)C(COP(=O)([O-])OCC[N+](C)(C)C)NC(=O)CCCCCCCCCCCCCC. The van der Waals surface area contributed by atoms with E-state index < -0.39 is 20.0 Å². The number of phosphoric ester groups is 1. The lowest BCUT2D eigenvalue weighted by molar-refractivity contribution is -0.870. The van der Waals surface area contributed by atoms with Crippen molar-refractivity contribution in [1.82, 2.24) is 5.32 Å². The number of allylic oxidation sites excluding steroid dienone is 1. The molecule has 0 radical (unpaired) electrons. The largest absolute Gasteiger partial charge is 0.756 e. The number of unbranched alkanes of at least 4 members (excludes halogenated alkanes) is 40. The third kappa shape index (κ3) is 50.9. The summed E-state index contributed by atoms with van der Waals surface area (Å²) in [7, 11) is 1.28. The zero-order chi connectivity index (χ0) is 47.8. The molecule has 0 saturated heterocycles. The Morgan fingerprint density at radius 2 is 0.831 bits per heavy atom. The minimum absolute atomic E-state index is 0.00238. The first kappa shape index (κ1) is 64.2. The fourth-order valence-electron chi connectivity index (χ4n) is 8.74. The van der Waals surface area contributed by atoms with Crippen LogP contribution in [0.4, 0.5) is 0 Å². The van der Waals surface area contributed by atoms with Crippen LogP contribution in [0, 0.1) is 0 Å². The molecule has 3 atom stereocenters. The highest BCUT2D eigenvalue weighted by Crippen LogP contribution is 2.38. The number of carbonyl (C=O) groups is 1. The molecule has 0 aromatic rings. The van der Waals surface area contributed by atoms with Gasteiger partial charge in [-0.2, -0.15) is 0 Å². The van der Waals surface area contributed by atoms with Crippen LogP contribution in [-0.4, -0.2) is 68.5 Å². The van der Waals surface area contributed by atoms with Gasteiger partial charge in [0.1, 0.15) is 13.2 Å². The molecule has 0 spiro atoms. The van der Waals surface area contributed by atoms with Crippen molar-refractivity contribution in [3.8, 4) is 0 Å². The van der Waals surface area contributed by atoms with E-state index in [1.54, 1.807) is 6.08 Å². The predicted molar refractivity (Wildman–Crippen MR) is 279 cm³/mol. The molecule has 388 valence electrons. The van der Waals surface area contributed by atoms with Gasteiger partial charge >= 0.3 is 0 Å². The minimum Gasteiger partial charge on any atom is -0.756 e. The van der Waals surface area contributed by atoms with Crippen molar-refractivity contribution >= 4 is 13.7 Å². The van der Waals surface area contributed by atoms with Crippen LogP contribution in [0.1, 0.15) is 290 Å². The highest BCUT2D eigenvalue weighted by atomic mass is 31.2. The molecule has 0 heterocycles. The fraction of sp³-hybridized carbons (Fsp3) is 0.946. The van der Waals surface area contributed by atoms with Crippen LogP contribution in [0.2, 0.25) is 0 Å². The van der Waals surface area contributed by atoms with Gasteiger partial charge in [-0.05, 0) is 19.3 Å². The zero-order valence-electron chi connectivity index (χ0n) is 44.2. The van der Waals surface area contributed by atoms with Gasteiger partial charge in [0.05, 0.1) is 39.9 Å². The van der Waals surface area contributed by atoms with E-state index >= 15 is 0 Å². The van der Waals surface area contributed by atoms with Crippen LogP contribution in [0.25, 0.3) is 0 Å². The number of hydrogen-bond donors (Lipinski definition) is 2. The van der Waals surface area contributed by atoms with Crippen molar-refractivity contribution < 1.29 is 32.9 Å². The predicted octanol–water partition coefficient (Wildman–Crippen LogP) is 16.4. The van der Waals surface area contributed by atoms with Gasteiger partial charge in [-0.3, -0.25) is 9.36 Å². The monoisotopic (exact) mass is 941 g/mol. The van der Waals surface area contributed by atoms with Crippen LogP contribution >= 0.6 is 7.82 Å². The number of rotatable bonds is 53. The highest BCUT2D eigenvalue weighted by molar-refractivity contribution is 7.45. The lowest BCUT2D eigenvalue weighted by Crippen LogP contribution is -2.45. The van der Waals surface area contributed by atoms with Gasteiger partial charge in [0, 0.05) is 6.42 Å². The minimum atomic E-state index is -4.59. The van der Waals surface area contributed by atoms with E-state index in [1.807, 2.05) is 27.2 Å². The Morgan fingerprint density at radius 3 is 1.15 bits per heavy atom. The summed E-state index contributed by atoms with van der Waals surface area (Å²) in [5, 5.41) is 13.9. The van der Waals surface area contributed by atoms with E-state index in [0.29, 0.717) is 17.4 Å². The van der Waals surface area contributed by atoms with Crippen molar-refractivity contribution in [2.45, 2.75) is 302 Å². The lowest BCUT2D eigenvalue weighted by Gasteiger charge is -2.29. The summed E-state index contributed by atoms with van der Waals surface area (Å²) in [6.45, 7) is 4.68. The number of quaternary nitrogens is 1. The molecule has 0 aliphatic heterocycles. The Balaban J connectivity index is 4.03. The van der Waals surface area contributed by atoms with E-state index in [-0.39, 0.29) is 19.1 Å².